The summed E-state index contributed by atoms with van der Waals surface area (Å²) in [5, 5.41) is 2.24. The Labute approximate surface area is 152 Å². The van der Waals surface area contributed by atoms with Crippen LogP contribution in [0.5, 0.6) is 0 Å². The van der Waals surface area contributed by atoms with E-state index < -0.39 is 11.6 Å². The molecular weight excluding hydrogens is 326 g/mol. The number of benzene rings is 3. The van der Waals surface area contributed by atoms with Gasteiger partial charge in [0.15, 0.2) is 0 Å². The Morgan fingerprint density at radius 3 is 2.50 bits per heavy atom. The first-order chi connectivity index (χ1) is 12.5. The average molecular weight is 345 g/mol. The molecule has 0 spiro atoms. The number of carbonyl (C=O) groups is 2. The first-order valence-corrected chi connectivity index (χ1v) is 8.58. The average Bonchev–Trinajstić information content (AvgIpc) is 2.84. The predicted octanol–water partition coefficient (Wildman–Crippen LogP) is 4.16. The Hall–Kier alpha value is -3.14. The molecule has 0 saturated carbocycles. The van der Waals surface area contributed by atoms with Crippen molar-refractivity contribution in [1.82, 2.24) is 0 Å². The van der Waals surface area contributed by atoms with Crippen LogP contribution >= 0.6 is 0 Å². The standard InChI is InChI=1S/C22H19NO3/c1-15(24)26-22(2)19-12-5-6-13-20(19)23(21(22)25)14-17-10-7-9-16-8-3-4-11-18(16)17/h3-13H,14H2,1-2H3. The molecule has 1 aliphatic rings. The molecule has 1 atom stereocenters. The van der Waals surface area contributed by atoms with Crippen molar-refractivity contribution >= 4 is 28.3 Å². The molecular formula is C22H19NO3. The summed E-state index contributed by atoms with van der Waals surface area (Å²) in [5.41, 5.74) is 1.28. The number of rotatable bonds is 3. The van der Waals surface area contributed by atoms with Crippen molar-refractivity contribution in [2.45, 2.75) is 26.0 Å². The van der Waals surface area contributed by atoms with Crippen LogP contribution in [-0.2, 0) is 26.5 Å². The SMILES string of the molecule is CC(=O)OC1(C)C(=O)N(Cc2cccc3ccccc23)c2ccccc21. The Morgan fingerprint density at radius 2 is 1.69 bits per heavy atom. The molecule has 3 aromatic carbocycles. The third-order valence-electron chi connectivity index (χ3n) is 4.92. The maximum atomic E-state index is 13.2. The van der Waals surface area contributed by atoms with Crippen molar-refractivity contribution in [3.63, 3.8) is 0 Å². The minimum atomic E-state index is -1.28. The second-order valence-electron chi connectivity index (χ2n) is 6.67. The highest BCUT2D eigenvalue weighted by atomic mass is 16.6. The van der Waals surface area contributed by atoms with Crippen molar-refractivity contribution in [2.75, 3.05) is 4.90 Å². The summed E-state index contributed by atoms with van der Waals surface area (Å²) in [4.78, 5) is 26.5. The summed E-state index contributed by atoms with van der Waals surface area (Å²) in [5.74, 6) is -0.690. The fraction of sp³-hybridized carbons (Fsp3) is 0.182. The molecule has 0 N–H and O–H groups in total. The van der Waals surface area contributed by atoms with E-state index in [-0.39, 0.29) is 5.91 Å². The monoisotopic (exact) mass is 345 g/mol. The molecule has 1 aliphatic heterocycles. The van der Waals surface area contributed by atoms with Gasteiger partial charge in [0.25, 0.3) is 5.91 Å². The van der Waals surface area contributed by atoms with Crippen LogP contribution in [0.1, 0.15) is 25.0 Å². The van der Waals surface area contributed by atoms with E-state index in [0.29, 0.717) is 6.54 Å². The summed E-state index contributed by atoms with van der Waals surface area (Å²) < 4.78 is 5.46. The van der Waals surface area contributed by atoms with Gasteiger partial charge in [-0.1, -0.05) is 60.7 Å². The third-order valence-corrected chi connectivity index (χ3v) is 4.92. The molecule has 0 radical (unpaired) electrons. The van der Waals surface area contributed by atoms with Gasteiger partial charge in [0.2, 0.25) is 5.60 Å². The minimum absolute atomic E-state index is 0.221. The molecule has 0 saturated heterocycles. The van der Waals surface area contributed by atoms with Crippen molar-refractivity contribution in [3.05, 3.63) is 77.9 Å². The number of fused-ring (bicyclic) bond motifs is 2. The van der Waals surface area contributed by atoms with Gasteiger partial charge >= 0.3 is 5.97 Å². The van der Waals surface area contributed by atoms with E-state index in [1.165, 1.54) is 6.92 Å². The van der Waals surface area contributed by atoms with E-state index in [0.717, 1.165) is 27.6 Å². The van der Waals surface area contributed by atoms with Crippen LogP contribution in [0.15, 0.2) is 66.7 Å². The number of esters is 1. The molecule has 4 rings (SSSR count). The summed E-state index contributed by atoms with van der Waals surface area (Å²) in [6.07, 6.45) is 0. The molecule has 1 unspecified atom stereocenters. The molecule has 1 amide bonds. The van der Waals surface area contributed by atoms with Gasteiger partial charge in [0, 0.05) is 12.5 Å². The smallest absolute Gasteiger partial charge is 0.304 e. The topological polar surface area (TPSA) is 46.6 Å². The number of anilines is 1. The van der Waals surface area contributed by atoms with Gasteiger partial charge < -0.3 is 9.64 Å². The number of hydrogen-bond acceptors (Lipinski definition) is 3. The van der Waals surface area contributed by atoms with Gasteiger partial charge in [0.05, 0.1) is 12.2 Å². The van der Waals surface area contributed by atoms with Crippen LogP contribution in [0.3, 0.4) is 0 Å². The fourth-order valence-corrected chi connectivity index (χ4v) is 3.74. The molecule has 3 aromatic rings. The number of nitrogens with zero attached hydrogens (tertiary/aromatic N) is 1. The van der Waals surface area contributed by atoms with Crippen LogP contribution in [0.4, 0.5) is 5.69 Å². The molecule has 0 aromatic heterocycles. The molecule has 4 heteroatoms. The van der Waals surface area contributed by atoms with E-state index >= 15 is 0 Å². The van der Waals surface area contributed by atoms with Gasteiger partial charge in [0.1, 0.15) is 0 Å². The first-order valence-electron chi connectivity index (χ1n) is 8.58. The van der Waals surface area contributed by atoms with Crippen molar-refractivity contribution in [2.24, 2.45) is 0 Å². The van der Waals surface area contributed by atoms with E-state index in [9.17, 15) is 9.59 Å². The van der Waals surface area contributed by atoms with E-state index in [1.54, 1.807) is 11.8 Å². The normalized spacial score (nSPS) is 18.8. The minimum Gasteiger partial charge on any atom is -0.444 e. The summed E-state index contributed by atoms with van der Waals surface area (Å²) >= 11 is 0. The summed E-state index contributed by atoms with van der Waals surface area (Å²) in [6, 6.07) is 21.7. The molecule has 4 nitrogen and oxygen atoms in total. The highest BCUT2D eigenvalue weighted by molar-refractivity contribution is 6.07. The van der Waals surface area contributed by atoms with E-state index in [2.05, 4.69) is 18.2 Å². The zero-order valence-corrected chi connectivity index (χ0v) is 14.7. The summed E-state index contributed by atoms with van der Waals surface area (Å²) in [7, 11) is 0. The van der Waals surface area contributed by atoms with Gasteiger partial charge in [-0.15, -0.1) is 0 Å². The van der Waals surface area contributed by atoms with Crippen molar-refractivity contribution in [3.8, 4) is 0 Å². The predicted molar refractivity (Wildman–Crippen MR) is 101 cm³/mol. The Morgan fingerprint density at radius 1 is 1.00 bits per heavy atom. The molecule has 0 fully saturated rings. The molecule has 0 aliphatic carbocycles. The second kappa shape index (κ2) is 5.99. The van der Waals surface area contributed by atoms with Crippen LogP contribution in [0, 0.1) is 0 Å². The molecule has 1 heterocycles. The van der Waals surface area contributed by atoms with Gasteiger partial charge in [-0.25, -0.2) is 0 Å². The lowest BCUT2D eigenvalue weighted by atomic mass is 9.97. The van der Waals surface area contributed by atoms with Crippen molar-refractivity contribution < 1.29 is 14.3 Å². The highest BCUT2D eigenvalue weighted by Gasteiger charge is 2.50. The number of amides is 1. The maximum Gasteiger partial charge on any atom is 0.304 e. The van der Waals surface area contributed by atoms with Crippen LogP contribution in [0.2, 0.25) is 0 Å². The largest absolute Gasteiger partial charge is 0.444 e. The zero-order chi connectivity index (χ0) is 18.3. The highest BCUT2D eigenvalue weighted by Crippen LogP contribution is 2.43. The van der Waals surface area contributed by atoms with Crippen LogP contribution < -0.4 is 4.90 Å². The maximum absolute atomic E-state index is 13.2. The third kappa shape index (κ3) is 2.46. The van der Waals surface area contributed by atoms with Crippen LogP contribution in [-0.4, -0.2) is 11.9 Å². The quantitative estimate of drug-likeness (QED) is 0.670. The number of hydrogen-bond donors (Lipinski definition) is 0. The lowest BCUT2D eigenvalue weighted by molar-refractivity contribution is -0.163. The van der Waals surface area contributed by atoms with Gasteiger partial charge in [-0.05, 0) is 29.3 Å². The second-order valence-corrected chi connectivity index (χ2v) is 6.67. The van der Waals surface area contributed by atoms with Crippen molar-refractivity contribution in [1.29, 1.82) is 0 Å². The fourth-order valence-electron chi connectivity index (χ4n) is 3.74. The Kier molecular flexibility index (Phi) is 3.76. The van der Waals surface area contributed by atoms with E-state index in [1.807, 2.05) is 48.5 Å². The van der Waals surface area contributed by atoms with Crippen LogP contribution in [0.25, 0.3) is 10.8 Å². The molecule has 0 bridgehead atoms. The Bertz CT molecular complexity index is 1020. The lowest BCUT2D eigenvalue weighted by Gasteiger charge is -2.24. The van der Waals surface area contributed by atoms with Gasteiger partial charge in [-0.3, -0.25) is 9.59 Å². The Balaban J connectivity index is 1.80. The number of ether oxygens (including phenoxy) is 1. The summed E-state index contributed by atoms with van der Waals surface area (Å²) in [6.45, 7) is 3.42. The van der Waals surface area contributed by atoms with Gasteiger partial charge in [-0.2, -0.15) is 0 Å². The number of para-hydroxylation sites is 1. The zero-order valence-electron chi connectivity index (χ0n) is 14.7. The number of carbonyl (C=O) groups excluding carboxylic acids is 2. The van der Waals surface area contributed by atoms with E-state index in [4.69, 9.17) is 4.74 Å². The molecule has 26 heavy (non-hydrogen) atoms. The first kappa shape index (κ1) is 16.3. The lowest BCUT2D eigenvalue weighted by Crippen LogP contribution is -2.40. The molecule has 130 valence electrons.